The van der Waals surface area contributed by atoms with Gasteiger partial charge in [-0.15, -0.1) is 10.2 Å². The van der Waals surface area contributed by atoms with Crippen LogP contribution in [0, 0.1) is 0 Å². The van der Waals surface area contributed by atoms with E-state index in [1.54, 1.807) is 12.1 Å². The van der Waals surface area contributed by atoms with Gasteiger partial charge in [0.25, 0.3) is 0 Å². The Morgan fingerprint density at radius 3 is 2.74 bits per heavy atom. The van der Waals surface area contributed by atoms with Crippen molar-refractivity contribution in [2.45, 2.75) is 25.3 Å². The maximum atomic E-state index is 11.2. The van der Waals surface area contributed by atoms with Crippen molar-refractivity contribution in [1.82, 2.24) is 14.8 Å². The average Bonchev–Trinajstić information content (AvgIpc) is 2.83. The summed E-state index contributed by atoms with van der Waals surface area (Å²) in [5.41, 5.74) is 0.897. The van der Waals surface area contributed by atoms with Crippen molar-refractivity contribution < 1.29 is 9.90 Å². The molecule has 0 aliphatic carbocycles. The minimum absolute atomic E-state index is 0.545. The summed E-state index contributed by atoms with van der Waals surface area (Å²) in [4.78, 5) is 11.2. The smallest absolute Gasteiger partial charge is 0.314 e. The van der Waals surface area contributed by atoms with Crippen LogP contribution >= 0.6 is 11.6 Å². The van der Waals surface area contributed by atoms with Crippen LogP contribution in [0.25, 0.3) is 11.4 Å². The van der Waals surface area contributed by atoms with Crippen LogP contribution in [0.4, 0.5) is 0 Å². The van der Waals surface area contributed by atoms with E-state index < -0.39 is 11.9 Å². The summed E-state index contributed by atoms with van der Waals surface area (Å²) < 4.78 is 1.89. The minimum atomic E-state index is -0.837. The Bertz CT molecular complexity index is 621. The third-order valence-electron chi connectivity index (χ3n) is 3.37. The molecule has 0 saturated heterocycles. The lowest BCUT2D eigenvalue weighted by Crippen LogP contribution is -2.22. The molecule has 0 spiro atoms. The zero-order valence-electron chi connectivity index (χ0n) is 10.1. The maximum absolute atomic E-state index is 11.2. The molecule has 0 saturated carbocycles. The van der Waals surface area contributed by atoms with E-state index in [1.807, 2.05) is 16.7 Å². The summed E-state index contributed by atoms with van der Waals surface area (Å²) in [5, 5.41) is 18.1. The van der Waals surface area contributed by atoms with Crippen molar-refractivity contribution in [2.75, 3.05) is 0 Å². The molecule has 19 heavy (non-hydrogen) atoms. The molecule has 3 rings (SSSR count). The van der Waals surface area contributed by atoms with Gasteiger partial charge in [-0.1, -0.05) is 11.6 Å². The van der Waals surface area contributed by atoms with Crippen molar-refractivity contribution in [2.24, 2.45) is 0 Å². The normalized spacial score (nSPS) is 18.1. The van der Waals surface area contributed by atoms with Crippen LogP contribution in [0.1, 0.15) is 24.6 Å². The number of fused-ring (bicyclic) bond motifs is 1. The highest BCUT2D eigenvalue weighted by Crippen LogP contribution is 2.30. The molecule has 1 aliphatic heterocycles. The van der Waals surface area contributed by atoms with Crippen LogP contribution < -0.4 is 0 Å². The highest BCUT2D eigenvalue weighted by Gasteiger charge is 2.30. The van der Waals surface area contributed by atoms with Gasteiger partial charge in [0, 0.05) is 17.1 Å². The van der Waals surface area contributed by atoms with E-state index in [-0.39, 0.29) is 0 Å². The minimum Gasteiger partial charge on any atom is -0.481 e. The van der Waals surface area contributed by atoms with Crippen molar-refractivity contribution in [3.8, 4) is 11.4 Å². The highest BCUT2D eigenvalue weighted by molar-refractivity contribution is 6.30. The highest BCUT2D eigenvalue weighted by atomic mass is 35.5. The monoisotopic (exact) mass is 277 g/mol. The van der Waals surface area contributed by atoms with E-state index in [4.69, 9.17) is 11.6 Å². The zero-order chi connectivity index (χ0) is 13.4. The lowest BCUT2D eigenvalue weighted by atomic mass is 9.99. The van der Waals surface area contributed by atoms with E-state index in [0.717, 1.165) is 18.5 Å². The van der Waals surface area contributed by atoms with Crippen molar-refractivity contribution in [3.63, 3.8) is 0 Å². The first kappa shape index (κ1) is 12.2. The third kappa shape index (κ3) is 2.10. The lowest BCUT2D eigenvalue weighted by molar-refractivity contribution is -0.139. The van der Waals surface area contributed by atoms with E-state index in [2.05, 4.69) is 10.2 Å². The topological polar surface area (TPSA) is 68.0 Å². The van der Waals surface area contributed by atoms with Crippen LogP contribution in [-0.4, -0.2) is 25.8 Å². The van der Waals surface area contributed by atoms with Gasteiger partial charge < -0.3 is 9.67 Å². The molecule has 1 N–H and O–H groups in total. The molecular formula is C13H12ClN3O2. The van der Waals surface area contributed by atoms with Crippen LogP contribution in [0.2, 0.25) is 5.02 Å². The summed E-state index contributed by atoms with van der Waals surface area (Å²) in [6.45, 7) is 0.754. The first-order valence-corrected chi connectivity index (χ1v) is 6.46. The summed E-state index contributed by atoms with van der Waals surface area (Å²) in [5.74, 6) is -0.139. The van der Waals surface area contributed by atoms with Crippen molar-refractivity contribution in [1.29, 1.82) is 0 Å². The van der Waals surface area contributed by atoms with Gasteiger partial charge in [-0.25, -0.2) is 0 Å². The number of carbonyl (C=O) groups is 1. The molecule has 1 unspecified atom stereocenters. The molecule has 5 nitrogen and oxygen atoms in total. The molecule has 1 aromatic carbocycles. The van der Waals surface area contributed by atoms with E-state index in [1.165, 1.54) is 0 Å². The molecule has 98 valence electrons. The second-order valence-corrected chi connectivity index (χ2v) is 5.01. The molecular weight excluding hydrogens is 266 g/mol. The van der Waals surface area contributed by atoms with Gasteiger partial charge in [0.05, 0.1) is 0 Å². The Labute approximate surface area is 114 Å². The first-order chi connectivity index (χ1) is 9.16. The predicted molar refractivity (Wildman–Crippen MR) is 70.1 cm³/mol. The quantitative estimate of drug-likeness (QED) is 0.916. The molecule has 6 heteroatoms. The molecule has 2 heterocycles. The number of aromatic nitrogens is 3. The second kappa shape index (κ2) is 4.66. The van der Waals surface area contributed by atoms with Crippen LogP contribution in [0.15, 0.2) is 24.3 Å². The van der Waals surface area contributed by atoms with Crippen LogP contribution in [-0.2, 0) is 11.3 Å². The third-order valence-corrected chi connectivity index (χ3v) is 3.62. The molecule has 0 fully saturated rings. The second-order valence-electron chi connectivity index (χ2n) is 4.57. The summed E-state index contributed by atoms with van der Waals surface area (Å²) in [7, 11) is 0. The van der Waals surface area contributed by atoms with E-state index >= 15 is 0 Å². The Kier molecular flexibility index (Phi) is 2.98. The van der Waals surface area contributed by atoms with Crippen molar-refractivity contribution in [3.05, 3.63) is 35.1 Å². The number of carboxylic acids is 1. The van der Waals surface area contributed by atoms with Crippen LogP contribution in [0.5, 0.6) is 0 Å². The SMILES string of the molecule is O=C(O)C1CCCn2c(-c3ccc(Cl)cc3)nnc21. The fraction of sp³-hybridized carbons (Fsp3) is 0.308. The Morgan fingerprint density at radius 1 is 1.32 bits per heavy atom. The zero-order valence-corrected chi connectivity index (χ0v) is 10.8. The number of hydrogen-bond acceptors (Lipinski definition) is 3. The number of hydrogen-bond donors (Lipinski definition) is 1. The first-order valence-electron chi connectivity index (χ1n) is 6.08. The number of nitrogens with zero attached hydrogens (tertiary/aromatic N) is 3. The van der Waals surface area contributed by atoms with Gasteiger partial charge in [0.1, 0.15) is 11.7 Å². The molecule has 0 radical (unpaired) electrons. The fourth-order valence-corrected chi connectivity index (χ4v) is 2.55. The number of rotatable bonds is 2. The van der Waals surface area contributed by atoms with Gasteiger partial charge in [-0.2, -0.15) is 0 Å². The standard InChI is InChI=1S/C13H12ClN3O2/c14-9-5-3-8(4-6-9)11-15-16-12-10(13(18)19)2-1-7-17(11)12/h3-6,10H,1-2,7H2,(H,18,19). The largest absolute Gasteiger partial charge is 0.481 e. The summed E-state index contributed by atoms with van der Waals surface area (Å²) in [6, 6.07) is 7.31. The lowest BCUT2D eigenvalue weighted by Gasteiger charge is -2.20. The van der Waals surface area contributed by atoms with Gasteiger partial charge in [-0.05, 0) is 37.1 Å². The molecule has 1 aliphatic rings. The van der Waals surface area contributed by atoms with Crippen LogP contribution in [0.3, 0.4) is 0 Å². The Hall–Kier alpha value is -1.88. The number of halogens is 1. The maximum Gasteiger partial charge on any atom is 0.314 e. The average molecular weight is 278 g/mol. The number of aliphatic carboxylic acids is 1. The van der Waals surface area contributed by atoms with E-state index in [0.29, 0.717) is 23.1 Å². The summed E-state index contributed by atoms with van der Waals surface area (Å²) in [6.07, 6.45) is 1.44. The number of carboxylic acid groups (broad SMARTS) is 1. The molecule has 1 aromatic heterocycles. The van der Waals surface area contributed by atoms with Gasteiger partial charge in [0.2, 0.25) is 0 Å². The molecule has 1 atom stereocenters. The van der Waals surface area contributed by atoms with Gasteiger partial charge in [0.15, 0.2) is 5.82 Å². The van der Waals surface area contributed by atoms with Crippen molar-refractivity contribution >= 4 is 17.6 Å². The fourth-order valence-electron chi connectivity index (χ4n) is 2.42. The number of benzene rings is 1. The Balaban J connectivity index is 2.05. The molecule has 0 amide bonds. The molecule has 2 aromatic rings. The summed E-state index contributed by atoms with van der Waals surface area (Å²) >= 11 is 5.86. The Morgan fingerprint density at radius 2 is 2.05 bits per heavy atom. The molecule has 0 bridgehead atoms. The van der Waals surface area contributed by atoms with E-state index in [9.17, 15) is 9.90 Å². The van der Waals surface area contributed by atoms with Gasteiger partial charge in [-0.3, -0.25) is 4.79 Å². The predicted octanol–water partition coefficient (Wildman–Crippen LogP) is 2.56. The van der Waals surface area contributed by atoms with Gasteiger partial charge >= 0.3 is 5.97 Å².